The molecule has 0 atom stereocenters. The molecule has 0 unspecified atom stereocenters. The number of carbonyl (C=O) groups excluding carboxylic acids is 1. The first kappa shape index (κ1) is 14.5. The van der Waals surface area contributed by atoms with Gasteiger partial charge in [-0.2, -0.15) is 0 Å². The molecule has 0 saturated carbocycles. The number of nitrogen functional groups attached to an aromatic ring is 1. The number of nitrogens with two attached hydrogens (primary N) is 1. The standard InChI is InChI=1S/C15H13FN2O3/c16-11-3-1-2-9(6-11)7-14(19)18-13-5-4-10(15(20)21)8-12(13)17/h1-6,8H,7,17H2,(H,18,19)(H,20,21). The number of carboxylic acids is 1. The zero-order chi connectivity index (χ0) is 15.4. The normalized spacial score (nSPS) is 10.1. The van der Waals surface area contributed by atoms with Crippen LogP contribution < -0.4 is 11.1 Å². The minimum absolute atomic E-state index is 0.00210. The van der Waals surface area contributed by atoms with Crippen LogP contribution in [0.3, 0.4) is 0 Å². The summed E-state index contributed by atoms with van der Waals surface area (Å²) in [4.78, 5) is 22.6. The zero-order valence-electron chi connectivity index (χ0n) is 11.0. The molecule has 6 heteroatoms. The summed E-state index contributed by atoms with van der Waals surface area (Å²) in [6.45, 7) is 0. The summed E-state index contributed by atoms with van der Waals surface area (Å²) in [6, 6.07) is 9.76. The van der Waals surface area contributed by atoms with Crippen LogP contribution in [-0.4, -0.2) is 17.0 Å². The van der Waals surface area contributed by atoms with Crippen LogP contribution in [0.25, 0.3) is 0 Å². The van der Waals surface area contributed by atoms with Crippen LogP contribution in [0.1, 0.15) is 15.9 Å². The van der Waals surface area contributed by atoms with Crippen LogP contribution in [0.15, 0.2) is 42.5 Å². The monoisotopic (exact) mass is 288 g/mol. The Morgan fingerprint density at radius 1 is 1.19 bits per heavy atom. The SMILES string of the molecule is Nc1cc(C(=O)O)ccc1NC(=O)Cc1cccc(F)c1. The van der Waals surface area contributed by atoms with Crippen molar-refractivity contribution in [3.05, 3.63) is 59.4 Å². The molecule has 0 spiro atoms. The molecule has 2 aromatic rings. The van der Waals surface area contributed by atoms with Crippen LogP contribution in [0.4, 0.5) is 15.8 Å². The second kappa shape index (κ2) is 6.04. The Bertz CT molecular complexity index is 701. The lowest BCUT2D eigenvalue weighted by Gasteiger charge is -2.09. The third-order valence-electron chi connectivity index (χ3n) is 2.83. The van der Waals surface area contributed by atoms with Crippen LogP contribution in [0, 0.1) is 5.82 Å². The molecule has 1 amide bonds. The van der Waals surface area contributed by atoms with E-state index in [1.807, 2.05) is 0 Å². The van der Waals surface area contributed by atoms with Gasteiger partial charge in [-0.15, -0.1) is 0 Å². The highest BCUT2D eigenvalue weighted by Crippen LogP contribution is 2.20. The second-order valence-electron chi connectivity index (χ2n) is 4.46. The third kappa shape index (κ3) is 3.79. The van der Waals surface area contributed by atoms with Gasteiger partial charge in [0.05, 0.1) is 23.4 Å². The van der Waals surface area contributed by atoms with Gasteiger partial charge in [0, 0.05) is 0 Å². The van der Waals surface area contributed by atoms with Gasteiger partial charge < -0.3 is 16.2 Å². The number of benzene rings is 2. The molecule has 0 radical (unpaired) electrons. The molecule has 0 fully saturated rings. The molecule has 5 nitrogen and oxygen atoms in total. The summed E-state index contributed by atoms with van der Waals surface area (Å²) in [5, 5.41) is 11.4. The molecule has 108 valence electrons. The first-order valence-electron chi connectivity index (χ1n) is 6.13. The quantitative estimate of drug-likeness (QED) is 0.752. The summed E-state index contributed by atoms with van der Waals surface area (Å²) in [6.07, 6.45) is -0.00210. The van der Waals surface area contributed by atoms with Crippen LogP contribution in [0.5, 0.6) is 0 Å². The van der Waals surface area contributed by atoms with Crippen molar-refractivity contribution in [3.63, 3.8) is 0 Å². The average molecular weight is 288 g/mol. The van der Waals surface area contributed by atoms with Gasteiger partial charge in [0.1, 0.15) is 5.82 Å². The number of halogens is 1. The number of amides is 1. The summed E-state index contributed by atoms with van der Waals surface area (Å²) in [5.74, 6) is -1.87. The first-order valence-corrected chi connectivity index (χ1v) is 6.13. The van der Waals surface area contributed by atoms with Gasteiger partial charge in [0.2, 0.25) is 5.91 Å². The highest BCUT2D eigenvalue weighted by atomic mass is 19.1. The summed E-state index contributed by atoms with van der Waals surface area (Å²) >= 11 is 0. The minimum Gasteiger partial charge on any atom is -0.478 e. The molecule has 4 N–H and O–H groups in total. The lowest BCUT2D eigenvalue weighted by Crippen LogP contribution is -2.16. The molecule has 0 aliphatic rings. The van der Waals surface area contributed by atoms with Crippen LogP contribution in [0.2, 0.25) is 0 Å². The number of anilines is 2. The molecule has 0 aromatic heterocycles. The number of carbonyl (C=O) groups is 2. The Morgan fingerprint density at radius 2 is 1.95 bits per heavy atom. The lowest BCUT2D eigenvalue weighted by molar-refractivity contribution is -0.115. The first-order chi connectivity index (χ1) is 9.95. The van der Waals surface area contributed by atoms with Crippen molar-refractivity contribution in [1.82, 2.24) is 0 Å². The smallest absolute Gasteiger partial charge is 0.335 e. The van der Waals surface area contributed by atoms with Crippen molar-refractivity contribution < 1.29 is 19.1 Å². The van der Waals surface area contributed by atoms with E-state index in [4.69, 9.17) is 10.8 Å². The fraction of sp³-hybridized carbons (Fsp3) is 0.0667. The highest BCUT2D eigenvalue weighted by Gasteiger charge is 2.10. The Morgan fingerprint density at radius 3 is 2.57 bits per heavy atom. The van der Waals surface area contributed by atoms with Crippen molar-refractivity contribution in [2.45, 2.75) is 6.42 Å². The number of aromatic carboxylic acids is 1. The molecule has 0 aliphatic carbocycles. The maximum absolute atomic E-state index is 13.0. The molecule has 2 rings (SSSR count). The summed E-state index contributed by atoms with van der Waals surface area (Å²) < 4.78 is 13.0. The minimum atomic E-state index is -1.10. The number of hydrogen-bond acceptors (Lipinski definition) is 3. The Hall–Kier alpha value is -2.89. The van der Waals surface area contributed by atoms with Gasteiger partial charge in [0.25, 0.3) is 0 Å². The largest absolute Gasteiger partial charge is 0.478 e. The van der Waals surface area contributed by atoms with Crippen molar-refractivity contribution in [1.29, 1.82) is 0 Å². The van der Waals surface area contributed by atoms with Crippen molar-refractivity contribution in [2.24, 2.45) is 0 Å². The summed E-state index contributed by atoms with van der Waals surface area (Å²) in [5.41, 5.74) is 6.74. The molecular formula is C15H13FN2O3. The van der Waals surface area contributed by atoms with Gasteiger partial charge in [-0.1, -0.05) is 12.1 Å². The number of carboxylic acid groups (broad SMARTS) is 1. The van der Waals surface area contributed by atoms with E-state index in [1.165, 1.54) is 36.4 Å². The van der Waals surface area contributed by atoms with Gasteiger partial charge in [0.15, 0.2) is 0 Å². The van der Waals surface area contributed by atoms with E-state index in [2.05, 4.69) is 5.32 Å². The van der Waals surface area contributed by atoms with E-state index in [9.17, 15) is 14.0 Å². The van der Waals surface area contributed by atoms with Gasteiger partial charge in [-0.05, 0) is 35.9 Å². The molecule has 21 heavy (non-hydrogen) atoms. The van der Waals surface area contributed by atoms with E-state index < -0.39 is 11.8 Å². The Labute approximate surface area is 120 Å². The molecule has 2 aromatic carbocycles. The molecule has 0 aliphatic heterocycles. The number of nitrogens with one attached hydrogen (secondary N) is 1. The zero-order valence-corrected chi connectivity index (χ0v) is 11.0. The van der Waals surface area contributed by atoms with Crippen LogP contribution in [-0.2, 0) is 11.2 Å². The maximum atomic E-state index is 13.0. The fourth-order valence-corrected chi connectivity index (χ4v) is 1.84. The maximum Gasteiger partial charge on any atom is 0.335 e. The van der Waals surface area contributed by atoms with Crippen molar-refractivity contribution in [3.8, 4) is 0 Å². The Balaban J connectivity index is 2.08. The summed E-state index contributed by atoms with van der Waals surface area (Å²) in [7, 11) is 0. The molecule has 0 heterocycles. The average Bonchev–Trinajstić information content (AvgIpc) is 2.40. The fourth-order valence-electron chi connectivity index (χ4n) is 1.84. The molecule has 0 saturated heterocycles. The third-order valence-corrected chi connectivity index (χ3v) is 2.83. The second-order valence-corrected chi connectivity index (χ2v) is 4.46. The van der Waals surface area contributed by atoms with Gasteiger partial charge in [-0.25, -0.2) is 9.18 Å². The van der Waals surface area contributed by atoms with E-state index in [-0.39, 0.29) is 23.6 Å². The number of rotatable bonds is 4. The van der Waals surface area contributed by atoms with Gasteiger partial charge in [-0.3, -0.25) is 4.79 Å². The van der Waals surface area contributed by atoms with Crippen LogP contribution >= 0.6 is 0 Å². The highest BCUT2D eigenvalue weighted by molar-refractivity contribution is 5.97. The number of hydrogen-bond donors (Lipinski definition) is 3. The predicted octanol–water partition coefficient (Wildman–Crippen LogP) is 2.29. The lowest BCUT2D eigenvalue weighted by atomic mass is 10.1. The van der Waals surface area contributed by atoms with Crippen molar-refractivity contribution in [2.75, 3.05) is 11.1 Å². The van der Waals surface area contributed by atoms with E-state index in [0.29, 0.717) is 11.3 Å². The molecule has 0 bridgehead atoms. The van der Waals surface area contributed by atoms with E-state index in [1.54, 1.807) is 6.07 Å². The van der Waals surface area contributed by atoms with Crippen molar-refractivity contribution >= 4 is 23.3 Å². The Kier molecular flexibility index (Phi) is 4.18. The topological polar surface area (TPSA) is 92.4 Å². The van der Waals surface area contributed by atoms with Gasteiger partial charge >= 0.3 is 5.97 Å². The molecular weight excluding hydrogens is 275 g/mol. The van der Waals surface area contributed by atoms with E-state index >= 15 is 0 Å². The van der Waals surface area contributed by atoms with E-state index in [0.717, 1.165) is 0 Å². The predicted molar refractivity (Wildman–Crippen MR) is 76.5 cm³/mol.